The third kappa shape index (κ3) is 2.35. The van der Waals surface area contributed by atoms with Gasteiger partial charge in [0.15, 0.2) is 0 Å². The maximum Gasteiger partial charge on any atom is 0.261 e. The number of benzene rings is 2. The second-order valence-electron chi connectivity index (χ2n) is 5.28. The molecule has 1 unspecified atom stereocenters. The van der Waals surface area contributed by atoms with E-state index in [1.54, 1.807) is 24.3 Å². The first-order chi connectivity index (χ1) is 10.2. The molecule has 106 valence electrons. The van der Waals surface area contributed by atoms with Crippen LogP contribution in [0.3, 0.4) is 0 Å². The van der Waals surface area contributed by atoms with Crippen LogP contribution in [0, 0.1) is 0 Å². The van der Waals surface area contributed by atoms with Gasteiger partial charge in [-0.15, -0.1) is 0 Å². The maximum absolute atomic E-state index is 12.4. The summed E-state index contributed by atoms with van der Waals surface area (Å²) in [6.45, 7) is 2.52. The third-order valence-electron chi connectivity index (χ3n) is 4.04. The second kappa shape index (κ2) is 5.52. The van der Waals surface area contributed by atoms with Gasteiger partial charge in [0.1, 0.15) is 0 Å². The molecule has 1 aliphatic rings. The van der Waals surface area contributed by atoms with E-state index in [9.17, 15) is 9.59 Å². The Bertz CT molecular complexity index is 644. The summed E-state index contributed by atoms with van der Waals surface area (Å²) in [5.41, 5.74) is 2.20. The summed E-state index contributed by atoms with van der Waals surface area (Å²) in [5, 5.41) is 0. The first kappa shape index (κ1) is 13.6. The second-order valence-corrected chi connectivity index (χ2v) is 5.28. The lowest BCUT2D eigenvalue weighted by molar-refractivity contribution is 0.0643. The Kier molecular flexibility index (Phi) is 3.57. The lowest BCUT2D eigenvalue weighted by atomic mass is 9.96. The van der Waals surface area contributed by atoms with Crippen molar-refractivity contribution in [2.75, 3.05) is 6.54 Å². The largest absolute Gasteiger partial charge is 0.274 e. The molecular weight excluding hydrogens is 262 g/mol. The summed E-state index contributed by atoms with van der Waals surface area (Å²) in [6, 6.07) is 17.1. The highest BCUT2D eigenvalue weighted by Gasteiger charge is 2.36. The maximum atomic E-state index is 12.4. The fourth-order valence-corrected chi connectivity index (χ4v) is 2.82. The van der Waals surface area contributed by atoms with E-state index >= 15 is 0 Å². The van der Waals surface area contributed by atoms with Gasteiger partial charge in [0.25, 0.3) is 11.8 Å². The van der Waals surface area contributed by atoms with Crippen LogP contribution in [0.2, 0.25) is 0 Å². The third-order valence-corrected chi connectivity index (χ3v) is 4.04. The molecule has 0 aliphatic carbocycles. The highest BCUT2D eigenvalue weighted by Crippen LogP contribution is 2.27. The standard InChI is InChI=1S/C18H17NO2/c1-2-13(14-8-4-3-5-9-14)12-19-17(20)15-10-6-7-11-16(15)18(19)21/h3-11,13H,2,12H2,1H3. The van der Waals surface area contributed by atoms with Crippen LogP contribution in [0.25, 0.3) is 0 Å². The molecule has 2 aromatic carbocycles. The Morgan fingerprint density at radius 2 is 1.38 bits per heavy atom. The molecule has 21 heavy (non-hydrogen) atoms. The van der Waals surface area contributed by atoms with Crippen molar-refractivity contribution in [2.45, 2.75) is 19.3 Å². The highest BCUT2D eigenvalue weighted by atomic mass is 16.2. The highest BCUT2D eigenvalue weighted by molar-refractivity contribution is 6.21. The van der Waals surface area contributed by atoms with Crippen molar-refractivity contribution in [3.63, 3.8) is 0 Å². The number of fused-ring (bicyclic) bond motifs is 1. The van der Waals surface area contributed by atoms with Crippen molar-refractivity contribution in [3.8, 4) is 0 Å². The van der Waals surface area contributed by atoms with E-state index in [1.807, 2.05) is 30.3 Å². The molecule has 0 spiro atoms. The van der Waals surface area contributed by atoms with Crippen molar-refractivity contribution < 1.29 is 9.59 Å². The van der Waals surface area contributed by atoms with E-state index in [0.29, 0.717) is 17.7 Å². The zero-order valence-corrected chi connectivity index (χ0v) is 12.0. The van der Waals surface area contributed by atoms with E-state index in [2.05, 4.69) is 6.92 Å². The number of rotatable bonds is 4. The van der Waals surface area contributed by atoms with Crippen LogP contribution in [0.15, 0.2) is 54.6 Å². The van der Waals surface area contributed by atoms with Crippen LogP contribution < -0.4 is 0 Å². The number of nitrogens with zero attached hydrogens (tertiary/aromatic N) is 1. The minimum Gasteiger partial charge on any atom is -0.274 e. The topological polar surface area (TPSA) is 37.4 Å². The Morgan fingerprint density at radius 3 is 1.90 bits per heavy atom. The van der Waals surface area contributed by atoms with Gasteiger partial charge in [-0.1, -0.05) is 49.4 Å². The number of carbonyl (C=O) groups is 2. The normalized spacial score (nSPS) is 15.2. The smallest absolute Gasteiger partial charge is 0.261 e. The van der Waals surface area contributed by atoms with E-state index in [4.69, 9.17) is 0 Å². The molecule has 1 heterocycles. The van der Waals surface area contributed by atoms with Gasteiger partial charge in [0.2, 0.25) is 0 Å². The van der Waals surface area contributed by atoms with E-state index in [1.165, 1.54) is 4.90 Å². The first-order valence-corrected chi connectivity index (χ1v) is 7.22. The summed E-state index contributed by atoms with van der Waals surface area (Å²) in [6.07, 6.45) is 0.886. The fourth-order valence-electron chi connectivity index (χ4n) is 2.82. The zero-order valence-electron chi connectivity index (χ0n) is 12.0. The van der Waals surface area contributed by atoms with Crippen molar-refractivity contribution >= 4 is 11.8 Å². The lowest BCUT2D eigenvalue weighted by Gasteiger charge is -2.21. The molecule has 0 saturated carbocycles. The van der Waals surface area contributed by atoms with Gasteiger partial charge in [-0.2, -0.15) is 0 Å². The lowest BCUT2D eigenvalue weighted by Crippen LogP contribution is -2.33. The Labute approximate surface area is 124 Å². The van der Waals surface area contributed by atoms with Crippen LogP contribution >= 0.6 is 0 Å². The van der Waals surface area contributed by atoms with Crippen LogP contribution in [0.4, 0.5) is 0 Å². The predicted octanol–water partition coefficient (Wildman–Crippen LogP) is 3.48. The Morgan fingerprint density at radius 1 is 0.857 bits per heavy atom. The zero-order chi connectivity index (χ0) is 14.8. The van der Waals surface area contributed by atoms with Crippen LogP contribution in [-0.4, -0.2) is 23.3 Å². The average molecular weight is 279 g/mol. The summed E-state index contributed by atoms with van der Waals surface area (Å²) in [7, 11) is 0. The van der Waals surface area contributed by atoms with E-state index in [-0.39, 0.29) is 17.7 Å². The SMILES string of the molecule is CCC(CN1C(=O)c2ccccc2C1=O)c1ccccc1. The molecular formula is C18H17NO2. The van der Waals surface area contributed by atoms with Crippen molar-refractivity contribution in [3.05, 3.63) is 71.3 Å². The Hall–Kier alpha value is -2.42. The average Bonchev–Trinajstić information content (AvgIpc) is 2.78. The van der Waals surface area contributed by atoms with Gasteiger partial charge in [-0.25, -0.2) is 0 Å². The molecule has 0 radical (unpaired) electrons. The minimum absolute atomic E-state index is 0.174. The number of amides is 2. The van der Waals surface area contributed by atoms with Gasteiger partial charge in [-0.05, 0) is 24.1 Å². The van der Waals surface area contributed by atoms with Gasteiger partial charge in [0, 0.05) is 12.5 Å². The summed E-state index contributed by atoms with van der Waals surface area (Å²) in [5.74, 6) is -0.177. The van der Waals surface area contributed by atoms with E-state index < -0.39 is 0 Å². The van der Waals surface area contributed by atoms with Gasteiger partial charge in [-0.3, -0.25) is 14.5 Å². The Balaban J connectivity index is 1.86. The molecule has 3 rings (SSSR count). The molecule has 2 aromatic rings. The molecule has 2 amide bonds. The monoisotopic (exact) mass is 279 g/mol. The molecule has 0 N–H and O–H groups in total. The van der Waals surface area contributed by atoms with Crippen molar-refractivity contribution in [1.29, 1.82) is 0 Å². The first-order valence-electron chi connectivity index (χ1n) is 7.22. The van der Waals surface area contributed by atoms with Gasteiger partial charge < -0.3 is 0 Å². The van der Waals surface area contributed by atoms with E-state index in [0.717, 1.165) is 12.0 Å². The number of hydrogen-bond donors (Lipinski definition) is 0. The molecule has 0 saturated heterocycles. The summed E-state index contributed by atoms with van der Waals surface area (Å²) < 4.78 is 0. The van der Waals surface area contributed by atoms with Crippen molar-refractivity contribution in [1.82, 2.24) is 4.90 Å². The van der Waals surface area contributed by atoms with Crippen LogP contribution in [0.1, 0.15) is 45.5 Å². The molecule has 3 heteroatoms. The quantitative estimate of drug-likeness (QED) is 0.804. The number of carbonyl (C=O) groups excluding carboxylic acids is 2. The number of imide groups is 1. The number of hydrogen-bond acceptors (Lipinski definition) is 2. The van der Waals surface area contributed by atoms with Gasteiger partial charge >= 0.3 is 0 Å². The summed E-state index contributed by atoms with van der Waals surface area (Å²) in [4.78, 5) is 26.2. The van der Waals surface area contributed by atoms with Crippen molar-refractivity contribution in [2.24, 2.45) is 0 Å². The fraction of sp³-hybridized carbons (Fsp3) is 0.222. The molecule has 0 aromatic heterocycles. The summed E-state index contributed by atoms with van der Waals surface area (Å²) >= 11 is 0. The van der Waals surface area contributed by atoms with Crippen LogP contribution in [-0.2, 0) is 0 Å². The molecule has 0 bridgehead atoms. The van der Waals surface area contributed by atoms with Crippen LogP contribution in [0.5, 0.6) is 0 Å². The van der Waals surface area contributed by atoms with Gasteiger partial charge in [0.05, 0.1) is 11.1 Å². The predicted molar refractivity (Wildman–Crippen MR) is 81.3 cm³/mol. The molecule has 0 fully saturated rings. The molecule has 3 nitrogen and oxygen atoms in total. The minimum atomic E-state index is -0.176. The molecule has 1 aliphatic heterocycles. The molecule has 1 atom stereocenters.